The van der Waals surface area contributed by atoms with Crippen LogP contribution in [0.5, 0.6) is 0 Å². The van der Waals surface area contributed by atoms with Gasteiger partial charge in [0.25, 0.3) is 0 Å². The van der Waals surface area contributed by atoms with Gasteiger partial charge in [0.15, 0.2) is 0 Å². The lowest BCUT2D eigenvalue weighted by Crippen LogP contribution is -2.57. The zero-order valence-corrected chi connectivity index (χ0v) is 12.8. The van der Waals surface area contributed by atoms with Crippen molar-refractivity contribution in [1.82, 2.24) is 9.29 Å². The van der Waals surface area contributed by atoms with Crippen molar-refractivity contribution in [3.8, 4) is 0 Å². The first-order valence-corrected chi connectivity index (χ1v) is 8.61. The number of hydrogen-bond donors (Lipinski definition) is 1. The van der Waals surface area contributed by atoms with Gasteiger partial charge in [-0.05, 0) is 38.3 Å². The second-order valence-corrected chi connectivity index (χ2v) is 7.51. The number of carboxylic acids is 1. The minimum atomic E-state index is -3.62. The molecule has 1 aromatic heterocycles. The molecule has 1 unspecified atom stereocenters. The lowest BCUT2D eigenvalue weighted by molar-refractivity contribution is -0.149. The Balaban J connectivity index is 2.15. The fourth-order valence-electron chi connectivity index (χ4n) is 2.65. The van der Waals surface area contributed by atoms with Crippen LogP contribution in [0.1, 0.15) is 31.9 Å². The van der Waals surface area contributed by atoms with E-state index in [0.717, 1.165) is 10.7 Å². The van der Waals surface area contributed by atoms with Crippen LogP contribution in [0.15, 0.2) is 24.4 Å². The first kappa shape index (κ1) is 15.9. The predicted octanol–water partition coefficient (Wildman–Crippen LogP) is 1.28. The van der Waals surface area contributed by atoms with E-state index < -0.39 is 21.5 Å². The number of aliphatic carboxylic acids is 1. The van der Waals surface area contributed by atoms with Gasteiger partial charge in [-0.15, -0.1) is 0 Å². The van der Waals surface area contributed by atoms with Crippen molar-refractivity contribution in [2.45, 2.75) is 38.1 Å². The Labute approximate surface area is 124 Å². The lowest BCUT2D eigenvalue weighted by atomic mass is 9.91. The van der Waals surface area contributed by atoms with E-state index >= 15 is 0 Å². The molecular formula is C14H20N2O4S. The van der Waals surface area contributed by atoms with Crippen LogP contribution in [0.25, 0.3) is 0 Å². The van der Waals surface area contributed by atoms with Crippen LogP contribution >= 0.6 is 0 Å². The smallest absolute Gasteiger partial charge is 0.324 e. The molecule has 1 atom stereocenters. The maximum atomic E-state index is 12.5. The van der Waals surface area contributed by atoms with Crippen LogP contribution in [0.3, 0.4) is 0 Å². The molecule has 0 aliphatic carbocycles. The van der Waals surface area contributed by atoms with Crippen molar-refractivity contribution in [1.29, 1.82) is 0 Å². The standard InChI is InChI=1S/C14H20N2O4S/c1-14(13(17)18)8-3-5-10-16(14)21(19,20)11-7-12-6-2-4-9-15-12/h2,4,6,9H,3,5,7-8,10-11H2,1H3,(H,17,18). The molecule has 2 heterocycles. The summed E-state index contributed by atoms with van der Waals surface area (Å²) in [7, 11) is -3.62. The van der Waals surface area contributed by atoms with Crippen molar-refractivity contribution in [3.63, 3.8) is 0 Å². The highest BCUT2D eigenvalue weighted by Crippen LogP contribution is 2.31. The normalized spacial score (nSPS) is 23.9. The maximum Gasteiger partial charge on any atom is 0.324 e. The molecule has 1 N–H and O–H groups in total. The summed E-state index contributed by atoms with van der Waals surface area (Å²) >= 11 is 0. The summed E-state index contributed by atoms with van der Waals surface area (Å²) < 4.78 is 26.2. The molecule has 0 saturated carbocycles. The Morgan fingerprint density at radius 2 is 2.19 bits per heavy atom. The minimum absolute atomic E-state index is 0.118. The fraction of sp³-hybridized carbons (Fsp3) is 0.571. The summed E-state index contributed by atoms with van der Waals surface area (Å²) in [6.07, 6.45) is 3.69. The third-order valence-electron chi connectivity index (χ3n) is 3.96. The maximum absolute atomic E-state index is 12.5. The van der Waals surface area contributed by atoms with E-state index in [4.69, 9.17) is 0 Å². The number of aromatic nitrogens is 1. The van der Waals surface area contributed by atoms with E-state index in [9.17, 15) is 18.3 Å². The molecule has 116 valence electrons. The summed E-state index contributed by atoms with van der Waals surface area (Å²) in [4.78, 5) is 15.6. The summed E-state index contributed by atoms with van der Waals surface area (Å²) in [6, 6.07) is 5.34. The number of rotatable bonds is 5. The number of nitrogens with zero attached hydrogens (tertiary/aromatic N) is 2. The van der Waals surface area contributed by atoms with Crippen molar-refractivity contribution in [3.05, 3.63) is 30.1 Å². The van der Waals surface area contributed by atoms with E-state index in [-0.39, 0.29) is 18.7 Å². The highest BCUT2D eigenvalue weighted by molar-refractivity contribution is 7.89. The van der Waals surface area contributed by atoms with Gasteiger partial charge in [-0.1, -0.05) is 6.07 Å². The third-order valence-corrected chi connectivity index (χ3v) is 5.94. The van der Waals surface area contributed by atoms with E-state index in [0.29, 0.717) is 18.5 Å². The first-order chi connectivity index (χ1) is 9.86. The summed E-state index contributed by atoms with van der Waals surface area (Å²) in [5, 5.41) is 9.40. The first-order valence-electron chi connectivity index (χ1n) is 7.00. The largest absolute Gasteiger partial charge is 0.480 e. The second kappa shape index (κ2) is 6.11. The van der Waals surface area contributed by atoms with Gasteiger partial charge in [-0.3, -0.25) is 9.78 Å². The highest BCUT2D eigenvalue weighted by Gasteiger charge is 2.47. The molecule has 1 aliphatic heterocycles. The number of aryl methyl sites for hydroxylation is 1. The molecule has 0 aromatic carbocycles. The summed E-state index contributed by atoms with van der Waals surface area (Å²) in [6.45, 7) is 1.76. The van der Waals surface area contributed by atoms with E-state index in [1.165, 1.54) is 6.92 Å². The molecule has 1 saturated heterocycles. The Morgan fingerprint density at radius 3 is 2.81 bits per heavy atom. The highest BCUT2D eigenvalue weighted by atomic mass is 32.2. The van der Waals surface area contributed by atoms with E-state index in [2.05, 4.69) is 4.98 Å². The number of piperidine rings is 1. The van der Waals surface area contributed by atoms with Crippen molar-refractivity contribution < 1.29 is 18.3 Å². The quantitative estimate of drug-likeness (QED) is 0.885. The Morgan fingerprint density at radius 1 is 1.43 bits per heavy atom. The van der Waals surface area contributed by atoms with Crippen molar-refractivity contribution >= 4 is 16.0 Å². The average molecular weight is 312 g/mol. The van der Waals surface area contributed by atoms with Gasteiger partial charge in [0.2, 0.25) is 10.0 Å². The van der Waals surface area contributed by atoms with Gasteiger partial charge >= 0.3 is 5.97 Å². The third kappa shape index (κ3) is 3.41. The van der Waals surface area contributed by atoms with E-state index in [1.54, 1.807) is 24.4 Å². The number of pyridine rings is 1. The Hall–Kier alpha value is -1.47. The van der Waals surface area contributed by atoms with Crippen LogP contribution in [0.4, 0.5) is 0 Å². The topological polar surface area (TPSA) is 87.6 Å². The van der Waals surface area contributed by atoms with Crippen molar-refractivity contribution in [2.24, 2.45) is 0 Å². The van der Waals surface area contributed by atoms with Gasteiger partial charge in [-0.2, -0.15) is 4.31 Å². The van der Waals surface area contributed by atoms with Crippen LogP contribution < -0.4 is 0 Å². The molecule has 0 radical (unpaired) electrons. The molecule has 0 amide bonds. The molecule has 2 rings (SSSR count). The van der Waals surface area contributed by atoms with Crippen LogP contribution in [-0.4, -0.2) is 46.6 Å². The number of carboxylic acid groups (broad SMARTS) is 1. The SMILES string of the molecule is CC1(C(=O)O)CCCCN1S(=O)(=O)CCc1ccccn1. The summed E-state index contributed by atoms with van der Waals surface area (Å²) in [5.74, 6) is -1.20. The van der Waals surface area contributed by atoms with Crippen LogP contribution in [-0.2, 0) is 21.2 Å². The lowest BCUT2D eigenvalue weighted by Gasteiger charge is -2.40. The molecule has 21 heavy (non-hydrogen) atoms. The summed E-state index contributed by atoms with van der Waals surface area (Å²) in [5.41, 5.74) is -0.642. The zero-order valence-electron chi connectivity index (χ0n) is 12.0. The number of carbonyl (C=O) groups is 1. The number of hydrogen-bond acceptors (Lipinski definition) is 4. The number of sulfonamides is 1. The molecular weight excluding hydrogens is 292 g/mol. The minimum Gasteiger partial charge on any atom is -0.480 e. The molecule has 0 bridgehead atoms. The second-order valence-electron chi connectivity index (χ2n) is 5.50. The van der Waals surface area contributed by atoms with E-state index in [1.807, 2.05) is 0 Å². The zero-order chi connectivity index (χ0) is 15.5. The molecule has 1 aromatic rings. The molecule has 0 spiro atoms. The van der Waals surface area contributed by atoms with Crippen LogP contribution in [0, 0.1) is 0 Å². The Bertz CT molecular complexity index is 603. The Kier molecular flexibility index (Phi) is 4.63. The average Bonchev–Trinajstić information content (AvgIpc) is 2.46. The van der Waals surface area contributed by atoms with Gasteiger partial charge in [0, 0.05) is 24.9 Å². The predicted molar refractivity (Wildman–Crippen MR) is 78.3 cm³/mol. The molecule has 7 heteroatoms. The van der Waals surface area contributed by atoms with Gasteiger partial charge in [-0.25, -0.2) is 8.42 Å². The monoisotopic (exact) mass is 312 g/mol. The molecule has 1 aliphatic rings. The van der Waals surface area contributed by atoms with Gasteiger partial charge < -0.3 is 5.11 Å². The molecule has 1 fully saturated rings. The molecule has 6 nitrogen and oxygen atoms in total. The fourth-order valence-corrected chi connectivity index (χ4v) is 4.52. The van der Waals surface area contributed by atoms with Gasteiger partial charge in [0.1, 0.15) is 5.54 Å². The van der Waals surface area contributed by atoms with Crippen LogP contribution in [0.2, 0.25) is 0 Å². The van der Waals surface area contributed by atoms with Gasteiger partial charge in [0.05, 0.1) is 5.75 Å². The van der Waals surface area contributed by atoms with Crippen molar-refractivity contribution in [2.75, 3.05) is 12.3 Å².